The van der Waals surface area contributed by atoms with Gasteiger partial charge in [-0.2, -0.15) is 5.10 Å². The smallest absolute Gasteiger partial charge is 0.162 e. The average molecular weight is 605 g/mol. The van der Waals surface area contributed by atoms with Gasteiger partial charge in [0.25, 0.3) is 0 Å². The van der Waals surface area contributed by atoms with Crippen LogP contribution in [0.2, 0.25) is 0 Å². The lowest BCUT2D eigenvalue weighted by Crippen LogP contribution is -2.20. The van der Waals surface area contributed by atoms with Crippen molar-refractivity contribution in [2.45, 2.75) is 32.2 Å². The lowest BCUT2D eigenvalue weighted by molar-refractivity contribution is 0.425. The first kappa shape index (κ1) is 29.0. The topological polar surface area (TPSA) is 123 Å². The number of aromatic amines is 2. The Bertz CT molecular complexity index is 1940. The van der Waals surface area contributed by atoms with Crippen LogP contribution in [0.5, 0.6) is 0 Å². The highest BCUT2D eigenvalue weighted by molar-refractivity contribution is 5.95. The van der Waals surface area contributed by atoms with Gasteiger partial charge in [-0.05, 0) is 93.0 Å². The molecule has 230 valence electrons. The monoisotopic (exact) mass is 604 g/mol. The summed E-state index contributed by atoms with van der Waals surface area (Å²) < 4.78 is 14.7. The number of halogens is 1. The fourth-order valence-corrected chi connectivity index (χ4v) is 6.11. The van der Waals surface area contributed by atoms with Crippen molar-refractivity contribution >= 4 is 27.9 Å². The van der Waals surface area contributed by atoms with Crippen LogP contribution in [0.15, 0.2) is 61.1 Å². The third kappa shape index (κ3) is 6.40. The van der Waals surface area contributed by atoms with Crippen LogP contribution in [0.1, 0.15) is 31.2 Å². The Kier molecular flexibility index (Phi) is 8.19. The summed E-state index contributed by atoms with van der Waals surface area (Å²) in [5, 5.41) is 14.6. The van der Waals surface area contributed by atoms with Crippen molar-refractivity contribution in [3.63, 3.8) is 0 Å². The number of aromatic nitrogens is 7. The Labute approximate surface area is 260 Å². The van der Waals surface area contributed by atoms with E-state index in [9.17, 15) is 4.39 Å². The fraction of sp³-hybridized carbons (Fsp3) is 0.324. The molecule has 1 saturated carbocycles. The van der Waals surface area contributed by atoms with E-state index in [4.69, 9.17) is 9.97 Å². The summed E-state index contributed by atoms with van der Waals surface area (Å²) >= 11 is 0. The minimum Gasteiger partial charge on any atom is -0.384 e. The molecular formula is C34H37FN10. The molecule has 1 aliphatic carbocycles. The van der Waals surface area contributed by atoms with Gasteiger partial charge < -0.3 is 20.5 Å². The third-order valence-electron chi connectivity index (χ3n) is 8.44. The molecule has 7 rings (SSSR count). The fourth-order valence-electron chi connectivity index (χ4n) is 6.11. The first-order valence-electron chi connectivity index (χ1n) is 15.5. The summed E-state index contributed by atoms with van der Waals surface area (Å²) in [4.78, 5) is 24.3. The van der Waals surface area contributed by atoms with Crippen molar-refractivity contribution in [3.8, 4) is 33.9 Å². The minimum atomic E-state index is -0.321. The number of benzene rings is 1. The quantitative estimate of drug-likeness (QED) is 0.142. The first-order valence-corrected chi connectivity index (χ1v) is 15.5. The molecule has 0 aliphatic heterocycles. The highest BCUT2D eigenvalue weighted by Crippen LogP contribution is 2.32. The van der Waals surface area contributed by atoms with Gasteiger partial charge >= 0.3 is 0 Å². The number of imidazole rings is 1. The zero-order valence-corrected chi connectivity index (χ0v) is 25.6. The van der Waals surface area contributed by atoms with Crippen LogP contribution < -0.4 is 10.6 Å². The van der Waals surface area contributed by atoms with Crippen LogP contribution in [0.3, 0.4) is 0 Å². The number of rotatable bonds is 11. The van der Waals surface area contributed by atoms with E-state index in [2.05, 4.69) is 46.7 Å². The highest BCUT2D eigenvalue weighted by Gasteiger charge is 2.19. The molecule has 0 bridgehead atoms. The Hall–Kier alpha value is -4.74. The Morgan fingerprint density at radius 3 is 2.73 bits per heavy atom. The summed E-state index contributed by atoms with van der Waals surface area (Å²) in [7, 11) is 4.01. The molecule has 10 nitrogen and oxygen atoms in total. The second kappa shape index (κ2) is 12.7. The maximum absolute atomic E-state index is 14.7. The van der Waals surface area contributed by atoms with Gasteiger partial charge in [0.05, 0.1) is 11.2 Å². The molecule has 1 aliphatic rings. The average Bonchev–Trinajstić information content (AvgIpc) is 3.80. The Morgan fingerprint density at radius 2 is 1.87 bits per heavy atom. The molecule has 0 saturated heterocycles. The minimum absolute atomic E-state index is 0.321. The van der Waals surface area contributed by atoms with Crippen LogP contribution in [0.4, 0.5) is 10.1 Å². The van der Waals surface area contributed by atoms with Crippen LogP contribution in [0.25, 0.3) is 56.1 Å². The summed E-state index contributed by atoms with van der Waals surface area (Å²) in [6, 6.07) is 12.9. The zero-order chi connectivity index (χ0) is 30.8. The molecule has 11 heteroatoms. The lowest BCUT2D eigenvalue weighted by Gasteiger charge is -2.12. The molecule has 0 radical (unpaired) electrons. The van der Waals surface area contributed by atoms with Gasteiger partial charge in [-0.3, -0.25) is 10.1 Å². The van der Waals surface area contributed by atoms with Gasteiger partial charge in [0.15, 0.2) is 17.2 Å². The van der Waals surface area contributed by atoms with E-state index in [1.165, 1.54) is 37.8 Å². The summed E-state index contributed by atoms with van der Waals surface area (Å²) in [5.41, 5.74) is 8.37. The predicted molar refractivity (Wildman–Crippen MR) is 176 cm³/mol. The maximum atomic E-state index is 14.7. The number of H-pyrrole nitrogens is 2. The van der Waals surface area contributed by atoms with Crippen molar-refractivity contribution < 1.29 is 4.39 Å². The normalized spacial score (nSPS) is 13.9. The van der Waals surface area contributed by atoms with Gasteiger partial charge in [-0.15, -0.1) is 0 Å². The van der Waals surface area contributed by atoms with E-state index in [0.29, 0.717) is 46.0 Å². The van der Waals surface area contributed by atoms with E-state index >= 15 is 0 Å². The van der Waals surface area contributed by atoms with E-state index in [1.54, 1.807) is 6.20 Å². The molecule has 0 unspecified atom stereocenters. The van der Waals surface area contributed by atoms with Gasteiger partial charge in [-0.25, -0.2) is 19.3 Å². The van der Waals surface area contributed by atoms with Crippen molar-refractivity contribution in [1.82, 2.24) is 45.3 Å². The number of hydrogen-bond acceptors (Lipinski definition) is 8. The number of pyridine rings is 3. The van der Waals surface area contributed by atoms with Crippen LogP contribution >= 0.6 is 0 Å². The number of fused-ring (bicyclic) bond motifs is 2. The molecule has 0 amide bonds. The molecule has 5 heterocycles. The van der Waals surface area contributed by atoms with Gasteiger partial charge in [0.2, 0.25) is 0 Å². The maximum Gasteiger partial charge on any atom is 0.162 e. The molecule has 0 atom stereocenters. The summed E-state index contributed by atoms with van der Waals surface area (Å²) in [6.07, 6.45) is 10.8. The van der Waals surface area contributed by atoms with Crippen LogP contribution in [-0.2, 0) is 6.54 Å². The second-order valence-corrected chi connectivity index (χ2v) is 12.1. The van der Waals surface area contributed by atoms with E-state index in [-0.39, 0.29) is 5.82 Å². The molecule has 6 aromatic rings. The van der Waals surface area contributed by atoms with Crippen molar-refractivity contribution in [2.75, 3.05) is 39.0 Å². The van der Waals surface area contributed by atoms with E-state index in [1.807, 2.05) is 50.8 Å². The summed E-state index contributed by atoms with van der Waals surface area (Å²) in [6.45, 7) is 3.37. The number of anilines is 1. The summed E-state index contributed by atoms with van der Waals surface area (Å²) in [5.74, 6) is 0.999. The lowest BCUT2D eigenvalue weighted by atomic mass is 10.0. The molecule has 0 spiro atoms. The largest absolute Gasteiger partial charge is 0.384 e. The standard InChI is InChI=1S/C34H37FN10/c1-45(2)12-11-38-26-15-23(14-25(35)16-26)27-9-10-39-33-30(27)41-34(42-33)32-31-29(43-44-32)8-7-28(40-31)24-13-22(19-37-20-24)18-36-17-21-5-3-4-6-21/h7-10,13-16,19-21,36,38H,3-6,11-12,17-18H2,1-2H3,(H,43,44)(H,39,41,42). The first-order chi connectivity index (χ1) is 22.0. The van der Waals surface area contributed by atoms with Crippen LogP contribution in [0, 0.1) is 11.7 Å². The number of likely N-dealkylation sites (N-methyl/N-ethyl adjacent to an activating group) is 1. The molecule has 45 heavy (non-hydrogen) atoms. The third-order valence-corrected chi connectivity index (χ3v) is 8.44. The second-order valence-electron chi connectivity index (χ2n) is 12.1. The van der Waals surface area contributed by atoms with E-state index in [0.717, 1.165) is 53.5 Å². The molecule has 4 N–H and O–H groups in total. The Balaban J connectivity index is 1.17. The zero-order valence-electron chi connectivity index (χ0n) is 25.6. The predicted octanol–water partition coefficient (Wildman–Crippen LogP) is 6.02. The van der Waals surface area contributed by atoms with Gasteiger partial charge in [0.1, 0.15) is 16.9 Å². The molecule has 1 aromatic carbocycles. The van der Waals surface area contributed by atoms with Crippen molar-refractivity contribution in [1.29, 1.82) is 0 Å². The van der Waals surface area contributed by atoms with E-state index < -0.39 is 0 Å². The molecule has 1 fully saturated rings. The number of hydrogen-bond donors (Lipinski definition) is 4. The van der Waals surface area contributed by atoms with Gasteiger partial charge in [0, 0.05) is 55.0 Å². The molecular weight excluding hydrogens is 567 g/mol. The van der Waals surface area contributed by atoms with Gasteiger partial charge in [-0.1, -0.05) is 12.8 Å². The Morgan fingerprint density at radius 1 is 0.978 bits per heavy atom. The molecule has 5 aromatic heterocycles. The van der Waals surface area contributed by atoms with Crippen molar-refractivity contribution in [3.05, 3.63) is 72.4 Å². The SMILES string of the molecule is CN(C)CCNc1cc(F)cc(-c2ccnc3[nH]c(-c4n[nH]c5ccc(-c6cncc(CNCC7CCCC7)c6)nc45)nc23)c1. The number of nitrogens with zero attached hydrogens (tertiary/aromatic N) is 6. The highest BCUT2D eigenvalue weighted by atomic mass is 19.1. The van der Waals surface area contributed by atoms with Crippen molar-refractivity contribution in [2.24, 2.45) is 5.92 Å². The number of nitrogens with one attached hydrogen (secondary N) is 4. The van der Waals surface area contributed by atoms with Crippen LogP contribution in [-0.4, -0.2) is 73.7 Å².